The minimum atomic E-state index is -0.419. The number of aromatic amines is 1. The lowest BCUT2D eigenvalue weighted by Gasteiger charge is -2.32. The third kappa shape index (κ3) is 4.41. The molecule has 0 spiro atoms. The van der Waals surface area contributed by atoms with E-state index in [1.807, 2.05) is 30.3 Å². The molecule has 2 aromatic rings. The Kier molecular flexibility index (Phi) is 5.52. The zero-order valence-electron chi connectivity index (χ0n) is 14.2. The molecule has 1 aliphatic rings. The fourth-order valence-electron chi connectivity index (χ4n) is 2.86. The molecule has 2 heterocycles. The molecule has 1 aliphatic heterocycles. The molecule has 0 radical (unpaired) electrons. The van der Waals surface area contributed by atoms with Crippen molar-refractivity contribution in [3.05, 3.63) is 54.4 Å². The van der Waals surface area contributed by atoms with E-state index in [1.54, 1.807) is 23.2 Å². The topological polar surface area (TPSA) is 106 Å². The van der Waals surface area contributed by atoms with Crippen molar-refractivity contribution in [2.45, 2.75) is 12.8 Å². The number of hydrazine groups is 1. The first-order chi connectivity index (χ1) is 12.6. The molecule has 0 aliphatic carbocycles. The number of anilines is 1. The van der Waals surface area contributed by atoms with Crippen LogP contribution in [0.5, 0.6) is 0 Å². The maximum atomic E-state index is 12.4. The quantitative estimate of drug-likeness (QED) is 0.630. The van der Waals surface area contributed by atoms with E-state index in [9.17, 15) is 14.4 Å². The number of aromatic nitrogens is 1. The Hall–Kier alpha value is -3.29. The molecule has 26 heavy (non-hydrogen) atoms. The number of nitrogens with zero attached hydrogens (tertiary/aromatic N) is 1. The number of hydrogen-bond donors (Lipinski definition) is 4. The standard InChI is InChI=1S/C18H21N5O3/c24-16(21-22-17(25)15-9-4-10-19-15)13-6-5-11-23(12-13)18(26)20-14-7-2-1-3-8-14/h1-4,7-10,13,19H,5-6,11-12H2,(H,20,26)(H,21,24)(H,22,25)/t13-/m1/s1. The van der Waals surface area contributed by atoms with Gasteiger partial charge in [-0.3, -0.25) is 20.4 Å². The Morgan fingerprint density at radius 3 is 2.58 bits per heavy atom. The minimum Gasteiger partial charge on any atom is -0.357 e. The van der Waals surface area contributed by atoms with E-state index in [0.29, 0.717) is 30.9 Å². The first-order valence-electron chi connectivity index (χ1n) is 8.48. The number of para-hydroxylation sites is 1. The first-order valence-corrected chi connectivity index (χ1v) is 8.48. The Labute approximate surface area is 150 Å². The number of H-pyrrole nitrogens is 1. The summed E-state index contributed by atoms with van der Waals surface area (Å²) in [5.74, 6) is -1.09. The van der Waals surface area contributed by atoms with Gasteiger partial charge in [-0.05, 0) is 37.1 Å². The number of piperidine rings is 1. The highest BCUT2D eigenvalue weighted by Gasteiger charge is 2.28. The fraction of sp³-hybridized carbons (Fsp3) is 0.278. The van der Waals surface area contributed by atoms with Crippen LogP contribution in [0.4, 0.5) is 10.5 Å². The molecule has 8 heteroatoms. The summed E-state index contributed by atoms with van der Waals surface area (Å²) in [6.07, 6.45) is 3.02. The van der Waals surface area contributed by atoms with Crippen LogP contribution in [-0.4, -0.2) is 40.8 Å². The van der Waals surface area contributed by atoms with E-state index in [2.05, 4.69) is 21.2 Å². The van der Waals surface area contributed by atoms with Gasteiger partial charge < -0.3 is 15.2 Å². The van der Waals surface area contributed by atoms with Crippen LogP contribution >= 0.6 is 0 Å². The molecule has 1 aromatic carbocycles. The van der Waals surface area contributed by atoms with Gasteiger partial charge in [0.05, 0.1) is 5.92 Å². The maximum absolute atomic E-state index is 12.4. The van der Waals surface area contributed by atoms with Gasteiger partial charge in [-0.2, -0.15) is 0 Å². The van der Waals surface area contributed by atoms with Crippen LogP contribution in [0.15, 0.2) is 48.7 Å². The molecule has 0 bridgehead atoms. The second-order valence-electron chi connectivity index (χ2n) is 6.11. The molecule has 0 unspecified atom stereocenters. The lowest BCUT2D eigenvalue weighted by molar-refractivity contribution is -0.127. The van der Waals surface area contributed by atoms with E-state index < -0.39 is 5.91 Å². The summed E-state index contributed by atoms with van der Waals surface area (Å²) in [5.41, 5.74) is 5.88. The van der Waals surface area contributed by atoms with Gasteiger partial charge in [0, 0.05) is 25.0 Å². The smallest absolute Gasteiger partial charge is 0.321 e. The molecule has 8 nitrogen and oxygen atoms in total. The number of urea groups is 1. The summed E-state index contributed by atoms with van der Waals surface area (Å²) >= 11 is 0. The number of likely N-dealkylation sites (tertiary alicyclic amines) is 1. The van der Waals surface area contributed by atoms with Crippen molar-refractivity contribution in [3.8, 4) is 0 Å². The molecular weight excluding hydrogens is 334 g/mol. The second kappa shape index (κ2) is 8.19. The first kappa shape index (κ1) is 17.5. The lowest BCUT2D eigenvalue weighted by Crippen LogP contribution is -2.50. The SMILES string of the molecule is O=C(NNC(=O)[C@@H]1CCCN(C(=O)Nc2ccccc2)C1)c1ccc[nH]1. The average Bonchev–Trinajstić information content (AvgIpc) is 3.21. The molecule has 3 rings (SSSR count). The number of rotatable bonds is 3. The highest BCUT2D eigenvalue weighted by Crippen LogP contribution is 2.18. The Morgan fingerprint density at radius 1 is 1.04 bits per heavy atom. The second-order valence-corrected chi connectivity index (χ2v) is 6.11. The van der Waals surface area contributed by atoms with Gasteiger partial charge in [0.2, 0.25) is 5.91 Å². The Morgan fingerprint density at radius 2 is 1.85 bits per heavy atom. The van der Waals surface area contributed by atoms with Gasteiger partial charge in [0.25, 0.3) is 5.91 Å². The van der Waals surface area contributed by atoms with Crippen molar-refractivity contribution in [1.29, 1.82) is 0 Å². The van der Waals surface area contributed by atoms with Gasteiger partial charge in [-0.25, -0.2) is 4.79 Å². The van der Waals surface area contributed by atoms with Gasteiger partial charge >= 0.3 is 6.03 Å². The number of nitrogens with one attached hydrogen (secondary N) is 4. The summed E-state index contributed by atoms with van der Waals surface area (Å²) in [7, 11) is 0. The Balaban J connectivity index is 1.50. The van der Waals surface area contributed by atoms with Crippen LogP contribution in [0, 0.1) is 5.92 Å². The average molecular weight is 355 g/mol. The third-order valence-electron chi connectivity index (χ3n) is 4.25. The minimum absolute atomic E-state index is 0.232. The highest BCUT2D eigenvalue weighted by molar-refractivity contribution is 5.94. The van der Waals surface area contributed by atoms with E-state index in [4.69, 9.17) is 0 Å². The number of amides is 4. The van der Waals surface area contributed by atoms with Crippen LogP contribution in [0.3, 0.4) is 0 Å². The summed E-state index contributed by atoms with van der Waals surface area (Å²) in [5, 5.41) is 2.82. The molecule has 1 fully saturated rings. The van der Waals surface area contributed by atoms with E-state index in [1.165, 1.54) is 0 Å². The van der Waals surface area contributed by atoms with E-state index in [-0.39, 0.29) is 17.9 Å². The van der Waals surface area contributed by atoms with Crippen LogP contribution in [0.1, 0.15) is 23.3 Å². The molecule has 1 saturated heterocycles. The molecule has 1 aromatic heterocycles. The summed E-state index contributed by atoms with van der Waals surface area (Å²) in [6.45, 7) is 0.903. The monoisotopic (exact) mass is 355 g/mol. The van der Waals surface area contributed by atoms with E-state index in [0.717, 1.165) is 6.42 Å². The normalized spacial score (nSPS) is 16.6. The van der Waals surface area contributed by atoms with Crippen molar-refractivity contribution in [3.63, 3.8) is 0 Å². The van der Waals surface area contributed by atoms with Gasteiger partial charge in [0.15, 0.2) is 0 Å². The molecule has 4 N–H and O–H groups in total. The van der Waals surface area contributed by atoms with Gasteiger partial charge in [-0.1, -0.05) is 18.2 Å². The molecule has 0 saturated carbocycles. The predicted octanol–water partition coefficient (Wildman–Crippen LogP) is 1.72. The predicted molar refractivity (Wildman–Crippen MR) is 96.2 cm³/mol. The van der Waals surface area contributed by atoms with Crippen LogP contribution in [0.25, 0.3) is 0 Å². The van der Waals surface area contributed by atoms with Gasteiger partial charge in [0.1, 0.15) is 5.69 Å². The van der Waals surface area contributed by atoms with Crippen molar-refractivity contribution >= 4 is 23.5 Å². The number of carbonyl (C=O) groups is 3. The van der Waals surface area contributed by atoms with Crippen molar-refractivity contribution in [1.82, 2.24) is 20.7 Å². The molecule has 1 atom stereocenters. The van der Waals surface area contributed by atoms with Crippen molar-refractivity contribution < 1.29 is 14.4 Å². The van der Waals surface area contributed by atoms with Crippen molar-refractivity contribution in [2.75, 3.05) is 18.4 Å². The molecular formula is C18H21N5O3. The highest BCUT2D eigenvalue weighted by atomic mass is 16.2. The number of carbonyl (C=O) groups excluding carboxylic acids is 3. The molecule has 136 valence electrons. The summed E-state index contributed by atoms with van der Waals surface area (Å²) in [4.78, 5) is 40.9. The number of benzene rings is 1. The molecule has 4 amide bonds. The van der Waals surface area contributed by atoms with Crippen LogP contribution < -0.4 is 16.2 Å². The van der Waals surface area contributed by atoms with Crippen molar-refractivity contribution in [2.24, 2.45) is 5.92 Å². The zero-order valence-corrected chi connectivity index (χ0v) is 14.2. The maximum Gasteiger partial charge on any atom is 0.321 e. The lowest BCUT2D eigenvalue weighted by atomic mass is 9.98. The summed E-state index contributed by atoms with van der Waals surface area (Å²) < 4.78 is 0. The van der Waals surface area contributed by atoms with Crippen LogP contribution in [0.2, 0.25) is 0 Å². The van der Waals surface area contributed by atoms with Gasteiger partial charge in [-0.15, -0.1) is 0 Å². The summed E-state index contributed by atoms with van der Waals surface area (Å²) in [6, 6.07) is 12.2. The zero-order chi connectivity index (χ0) is 18.4. The van der Waals surface area contributed by atoms with E-state index >= 15 is 0 Å². The number of hydrogen-bond acceptors (Lipinski definition) is 3. The van der Waals surface area contributed by atoms with Crippen LogP contribution in [-0.2, 0) is 4.79 Å². The largest absolute Gasteiger partial charge is 0.357 e. The third-order valence-corrected chi connectivity index (χ3v) is 4.25. The fourth-order valence-corrected chi connectivity index (χ4v) is 2.86. The Bertz CT molecular complexity index is 760.